The molecule has 8 nitrogen and oxygen atoms in total. The van der Waals surface area contributed by atoms with Gasteiger partial charge in [-0.2, -0.15) is 18.3 Å². The number of fused-ring (bicyclic) bond motifs is 1. The van der Waals surface area contributed by atoms with E-state index in [9.17, 15) is 32.8 Å². The molecule has 0 spiro atoms. The topological polar surface area (TPSA) is 103 Å². The predicted octanol–water partition coefficient (Wildman–Crippen LogP) is 8.28. The lowest BCUT2D eigenvalue weighted by atomic mass is 10.0. The summed E-state index contributed by atoms with van der Waals surface area (Å²) in [6.45, 7) is -0.119. The summed E-state index contributed by atoms with van der Waals surface area (Å²) in [5.74, 6) is -0.309. The lowest BCUT2D eigenvalue weighted by Crippen LogP contribution is -2.11. The molecule has 1 N–H and O–H groups in total. The molecule has 0 radical (unpaired) electrons. The van der Waals surface area contributed by atoms with Crippen molar-refractivity contribution in [2.45, 2.75) is 25.2 Å². The number of ether oxygens (including phenoxy) is 1. The summed E-state index contributed by atoms with van der Waals surface area (Å²) in [7, 11) is 0. The highest BCUT2D eigenvalue weighted by Crippen LogP contribution is 2.35. The summed E-state index contributed by atoms with van der Waals surface area (Å²) in [4.78, 5) is 15.5. The maximum atomic E-state index is 14.5. The van der Waals surface area contributed by atoms with Gasteiger partial charge in [0.2, 0.25) is 5.88 Å². The third-order valence-corrected chi connectivity index (χ3v) is 7.33. The first-order valence-corrected chi connectivity index (χ1v) is 14.0. The van der Waals surface area contributed by atoms with Crippen LogP contribution in [0, 0.1) is 15.9 Å². The maximum absolute atomic E-state index is 14.5. The molecule has 0 aliphatic rings. The van der Waals surface area contributed by atoms with E-state index < -0.39 is 28.6 Å². The number of hydrogen-bond donors (Lipinski definition) is 1. The SMILES string of the molecule is O=[N+]([O-])c1ccc2nc(Oc3ccc(F)cc3C(O)Cn3ccc(-c4ccc(C(F)(F)F)cc4)n3)c(Cc3ccccc3)cc2c1. The quantitative estimate of drug-likeness (QED) is 0.0982. The Kier molecular flexibility index (Phi) is 8.20. The van der Waals surface area contributed by atoms with Crippen LogP contribution in [0.1, 0.15) is 28.4 Å². The van der Waals surface area contributed by atoms with Crippen molar-refractivity contribution in [1.29, 1.82) is 0 Å². The lowest BCUT2D eigenvalue weighted by Gasteiger charge is -2.18. The Morgan fingerprint density at radius 3 is 2.41 bits per heavy atom. The lowest BCUT2D eigenvalue weighted by molar-refractivity contribution is -0.384. The molecular weight excluding hydrogens is 604 g/mol. The highest BCUT2D eigenvalue weighted by atomic mass is 19.4. The summed E-state index contributed by atoms with van der Waals surface area (Å²) in [5, 5.41) is 27.5. The number of benzene rings is 4. The molecule has 6 aromatic rings. The number of pyridine rings is 1. The van der Waals surface area contributed by atoms with Gasteiger partial charge in [-0.05, 0) is 54.1 Å². The van der Waals surface area contributed by atoms with Gasteiger partial charge in [-0.15, -0.1) is 0 Å². The Morgan fingerprint density at radius 1 is 0.935 bits per heavy atom. The van der Waals surface area contributed by atoms with Crippen LogP contribution in [0.4, 0.5) is 23.2 Å². The first-order valence-electron chi connectivity index (χ1n) is 14.0. The molecule has 0 aliphatic carbocycles. The van der Waals surface area contributed by atoms with Gasteiger partial charge in [0.1, 0.15) is 17.7 Å². The fourth-order valence-electron chi connectivity index (χ4n) is 5.03. The number of alkyl halides is 3. The van der Waals surface area contributed by atoms with Crippen molar-refractivity contribution in [1.82, 2.24) is 14.8 Å². The standard InChI is InChI=1S/C34H24F4N4O4/c35-26-10-13-32(28(19-26)31(43)20-41-15-14-30(40-41)22-6-8-25(9-7-22)34(36,37)38)46-33-24(16-21-4-2-1-3-5-21)17-23-18-27(42(44)45)11-12-29(23)39-33/h1-15,17-19,31,43H,16,20H2. The van der Waals surface area contributed by atoms with Crippen molar-refractivity contribution < 1.29 is 32.3 Å². The number of nitro benzene ring substituents is 1. The van der Waals surface area contributed by atoms with Crippen molar-refractivity contribution in [3.05, 3.63) is 148 Å². The van der Waals surface area contributed by atoms with Gasteiger partial charge in [0.25, 0.3) is 5.69 Å². The Balaban J connectivity index is 1.30. The van der Waals surface area contributed by atoms with Crippen molar-refractivity contribution in [2.75, 3.05) is 0 Å². The van der Waals surface area contributed by atoms with Crippen molar-refractivity contribution in [3.63, 3.8) is 0 Å². The number of rotatable bonds is 9. The predicted molar refractivity (Wildman–Crippen MR) is 162 cm³/mol. The zero-order valence-corrected chi connectivity index (χ0v) is 23.9. The van der Waals surface area contributed by atoms with Crippen LogP contribution in [0.15, 0.2) is 109 Å². The minimum absolute atomic E-state index is 0.0855. The molecule has 0 aliphatic heterocycles. The number of aliphatic hydroxyl groups excluding tert-OH is 1. The van der Waals surface area contributed by atoms with E-state index in [0.29, 0.717) is 34.1 Å². The molecule has 0 fully saturated rings. The molecule has 2 heterocycles. The minimum atomic E-state index is -4.46. The van der Waals surface area contributed by atoms with Crippen LogP contribution < -0.4 is 4.74 Å². The van der Waals surface area contributed by atoms with E-state index in [1.54, 1.807) is 18.3 Å². The second kappa shape index (κ2) is 12.4. The molecule has 0 amide bonds. The van der Waals surface area contributed by atoms with Crippen molar-refractivity contribution >= 4 is 16.6 Å². The van der Waals surface area contributed by atoms with E-state index >= 15 is 0 Å². The third-order valence-electron chi connectivity index (χ3n) is 7.33. The monoisotopic (exact) mass is 628 g/mol. The smallest absolute Gasteiger partial charge is 0.416 e. The van der Waals surface area contributed by atoms with Crippen LogP contribution in [0.5, 0.6) is 11.6 Å². The van der Waals surface area contributed by atoms with Gasteiger partial charge in [-0.1, -0.05) is 42.5 Å². The van der Waals surface area contributed by atoms with Crippen molar-refractivity contribution in [3.8, 4) is 22.9 Å². The molecule has 46 heavy (non-hydrogen) atoms. The molecule has 1 atom stereocenters. The first-order chi connectivity index (χ1) is 22.0. The summed E-state index contributed by atoms with van der Waals surface area (Å²) in [5.41, 5.74) is 2.07. The van der Waals surface area contributed by atoms with Crippen LogP contribution in [-0.4, -0.2) is 24.8 Å². The van der Waals surface area contributed by atoms with Gasteiger partial charge >= 0.3 is 6.18 Å². The summed E-state index contributed by atoms with van der Waals surface area (Å²) >= 11 is 0. The Bertz CT molecular complexity index is 2030. The van der Waals surface area contributed by atoms with Gasteiger partial charge in [-0.25, -0.2) is 9.37 Å². The van der Waals surface area contributed by atoms with Crippen molar-refractivity contribution in [2.24, 2.45) is 0 Å². The van der Waals surface area contributed by atoms with Gasteiger partial charge in [0, 0.05) is 46.8 Å². The maximum Gasteiger partial charge on any atom is 0.416 e. The molecule has 6 rings (SSSR count). The number of aliphatic hydroxyl groups is 1. The van der Waals surface area contributed by atoms with Crippen LogP contribution in [0.3, 0.4) is 0 Å². The Labute approximate surface area is 259 Å². The van der Waals surface area contributed by atoms with Crippen LogP contribution in [-0.2, 0) is 19.1 Å². The zero-order chi connectivity index (χ0) is 32.4. The van der Waals surface area contributed by atoms with Crippen LogP contribution in [0.2, 0.25) is 0 Å². The summed E-state index contributed by atoms with van der Waals surface area (Å²) in [6.07, 6.45) is -3.83. The second-order valence-corrected chi connectivity index (χ2v) is 10.5. The first kappa shape index (κ1) is 30.4. The van der Waals surface area contributed by atoms with E-state index in [1.165, 1.54) is 47.1 Å². The third kappa shape index (κ3) is 6.71. The molecule has 0 bridgehead atoms. The largest absolute Gasteiger partial charge is 0.438 e. The Hall–Kier alpha value is -5.62. The molecule has 0 saturated carbocycles. The summed E-state index contributed by atoms with van der Waals surface area (Å²) in [6, 6.07) is 25.3. The van der Waals surface area contributed by atoms with E-state index in [-0.39, 0.29) is 29.4 Å². The molecular formula is C34H24F4N4O4. The number of nitrogens with zero attached hydrogens (tertiary/aromatic N) is 4. The number of aromatic nitrogens is 3. The number of hydrogen-bond acceptors (Lipinski definition) is 6. The molecule has 0 saturated heterocycles. The van der Waals surface area contributed by atoms with Gasteiger partial charge in [0.15, 0.2) is 0 Å². The second-order valence-electron chi connectivity index (χ2n) is 10.5. The fraction of sp³-hybridized carbons (Fsp3) is 0.118. The Morgan fingerprint density at radius 2 is 1.70 bits per heavy atom. The van der Waals surface area contributed by atoms with E-state index in [1.807, 2.05) is 30.3 Å². The average Bonchev–Trinajstić information content (AvgIpc) is 3.50. The van der Waals surface area contributed by atoms with Gasteiger partial charge in [0.05, 0.1) is 28.2 Å². The highest BCUT2D eigenvalue weighted by molar-refractivity contribution is 5.82. The zero-order valence-electron chi connectivity index (χ0n) is 23.9. The fourth-order valence-corrected chi connectivity index (χ4v) is 5.03. The molecule has 4 aromatic carbocycles. The highest BCUT2D eigenvalue weighted by Gasteiger charge is 2.30. The summed E-state index contributed by atoms with van der Waals surface area (Å²) < 4.78 is 60.9. The van der Waals surface area contributed by atoms with Crippen LogP contribution >= 0.6 is 0 Å². The molecule has 12 heteroatoms. The number of nitro groups is 1. The van der Waals surface area contributed by atoms with E-state index in [0.717, 1.165) is 23.8 Å². The molecule has 2 aromatic heterocycles. The number of halogens is 4. The molecule has 232 valence electrons. The van der Waals surface area contributed by atoms with E-state index in [4.69, 9.17) is 4.74 Å². The molecule has 1 unspecified atom stereocenters. The number of non-ortho nitro benzene ring substituents is 1. The normalized spacial score (nSPS) is 12.3. The van der Waals surface area contributed by atoms with E-state index in [2.05, 4.69) is 10.1 Å². The average molecular weight is 629 g/mol. The van der Waals surface area contributed by atoms with Crippen LogP contribution in [0.25, 0.3) is 22.2 Å². The van der Waals surface area contributed by atoms with Gasteiger partial charge < -0.3 is 9.84 Å². The van der Waals surface area contributed by atoms with Gasteiger partial charge in [-0.3, -0.25) is 14.8 Å². The minimum Gasteiger partial charge on any atom is -0.438 e.